The van der Waals surface area contributed by atoms with Gasteiger partial charge in [0.2, 0.25) is 0 Å². The molecule has 0 saturated heterocycles. The van der Waals surface area contributed by atoms with Crippen molar-refractivity contribution in [3.05, 3.63) is 229 Å². The minimum Gasteiger partial charge on any atom is -0.254 e. The maximum Gasteiger partial charge on any atom is 0.0889 e. The lowest BCUT2D eigenvalue weighted by atomic mass is 9.70. The van der Waals surface area contributed by atoms with Crippen molar-refractivity contribution in [3.63, 3.8) is 0 Å². The van der Waals surface area contributed by atoms with E-state index in [0.717, 1.165) is 43.9 Å². The summed E-state index contributed by atoms with van der Waals surface area (Å²) in [6.07, 6.45) is 2.02. The van der Waals surface area contributed by atoms with Crippen LogP contribution in [-0.2, 0) is 5.41 Å². The molecule has 0 radical (unpaired) electrons. The summed E-state index contributed by atoms with van der Waals surface area (Å²) in [4.78, 5) is 10.7. The zero-order chi connectivity index (χ0) is 40.5. The molecule has 12 aromatic rings. The normalized spacial score (nSPS) is 13.3. The predicted octanol–water partition coefficient (Wildman–Crippen LogP) is 15.6. The van der Waals surface area contributed by atoms with Crippen molar-refractivity contribution in [2.75, 3.05) is 0 Å². The molecule has 3 aromatic heterocycles. The quantitative estimate of drug-likeness (QED) is 0.166. The molecule has 3 heteroatoms. The Morgan fingerprint density at radius 3 is 1.48 bits per heavy atom. The summed E-state index contributed by atoms with van der Waals surface area (Å²) in [5, 5.41) is 8.88. The Labute approximate surface area is 362 Å². The molecule has 0 fully saturated rings. The van der Waals surface area contributed by atoms with Crippen LogP contribution in [0, 0.1) is 0 Å². The van der Waals surface area contributed by atoms with Gasteiger partial charge in [-0.05, 0) is 124 Å². The average molecular weight is 803 g/mol. The third-order valence-corrected chi connectivity index (χ3v) is 14.8. The highest BCUT2D eigenvalue weighted by atomic mass is 32.1. The lowest BCUT2D eigenvalue weighted by Crippen LogP contribution is -2.25. The molecule has 14 rings (SSSR count). The maximum atomic E-state index is 5.48. The molecule has 3 heterocycles. The fraction of sp³-hybridized carbons (Fsp3) is 0.0169. The first kappa shape index (κ1) is 34.0. The van der Waals surface area contributed by atoms with Gasteiger partial charge in [-0.25, -0.2) is 4.98 Å². The van der Waals surface area contributed by atoms with Gasteiger partial charge in [-0.3, -0.25) is 4.98 Å². The van der Waals surface area contributed by atoms with Crippen LogP contribution in [-0.4, -0.2) is 9.97 Å². The van der Waals surface area contributed by atoms with Gasteiger partial charge < -0.3 is 0 Å². The molecule has 0 N–H and O–H groups in total. The molecule has 0 atom stereocenters. The SMILES string of the molecule is c1ccc(-c2cc(-c3ccc4c(c3)-c3ccccc3C43c4ccccc4-c4ccccc43)nc(-c3cnc4c(c3)sc3cc5c6ccccc6c6ccccc6c5cc34)c2)cc1. The molecular weight excluding hydrogens is 769 g/mol. The van der Waals surface area contributed by atoms with Gasteiger partial charge in [-0.2, -0.15) is 0 Å². The van der Waals surface area contributed by atoms with Gasteiger partial charge in [0.25, 0.3) is 0 Å². The predicted molar refractivity (Wildman–Crippen MR) is 260 cm³/mol. The van der Waals surface area contributed by atoms with Crippen molar-refractivity contribution in [2.45, 2.75) is 5.41 Å². The third kappa shape index (κ3) is 4.58. The zero-order valence-electron chi connectivity index (χ0n) is 33.4. The number of thiophene rings is 1. The number of rotatable bonds is 3. The van der Waals surface area contributed by atoms with Crippen LogP contribution in [0.15, 0.2) is 206 Å². The lowest BCUT2D eigenvalue weighted by Gasteiger charge is -2.30. The van der Waals surface area contributed by atoms with Crippen LogP contribution in [0.5, 0.6) is 0 Å². The molecule has 1 spiro atoms. The van der Waals surface area contributed by atoms with Crippen LogP contribution in [0.1, 0.15) is 22.3 Å². The second-order valence-corrected chi connectivity index (χ2v) is 17.9. The van der Waals surface area contributed by atoms with E-state index in [1.54, 1.807) is 0 Å². The van der Waals surface area contributed by atoms with E-state index in [9.17, 15) is 0 Å². The molecular formula is C59H34N2S. The number of nitrogens with zero attached hydrogens (tertiary/aromatic N) is 2. The first-order valence-electron chi connectivity index (χ1n) is 21.3. The van der Waals surface area contributed by atoms with Crippen LogP contribution in [0.4, 0.5) is 0 Å². The van der Waals surface area contributed by atoms with Gasteiger partial charge in [0.15, 0.2) is 0 Å². The van der Waals surface area contributed by atoms with Gasteiger partial charge in [-0.15, -0.1) is 11.3 Å². The highest BCUT2D eigenvalue weighted by molar-refractivity contribution is 7.25. The summed E-state index contributed by atoms with van der Waals surface area (Å²) in [6, 6.07) is 73.8. The first-order chi connectivity index (χ1) is 30.7. The molecule has 0 saturated carbocycles. The highest BCUT2D eigenvalue weighted by Gasteiger charge is 2.51. The number of hydrogen-bond acceptors (Lipinski definition) is 3. The summed E-state index contributed by atoms with van der Waals surface area (Å²) >= 11 is 1.82. The monoisotopic (exact) mass is 802 g/mol. The van der Waals surface area contributed by atoms with E-state index in [1.807, 2.05) is 17.5 Å². The van der Waals surface area contributed by atoms with Gasteiger partial charge in [-0.1, -0.05) is 164 Å². The molecule has 0 amide bonds. The van der Waals surface area contributed by atoms with Crippen LogP contribution >= 0.6 is 11.3 Å². The highest BCUT2D eigenvalue weighted by Crippen LogP contribution is 2.63. The Morgan fingerprint density at radius 1 is 0.323 bits per heavy atom. The van der Waals surface area contributed by atoms with Crippen molar-refractivity contribution in [2.24, 2.45) is 0 Å². The number of hydrogen-bond donors (Lipinski definition) is 0. The largest absolute Gasteiger partial charge is 0.254 e. The molecule has 9 aromatic carbocycles. The van der Waals surface area contributed by atoms with E-state index in [1.165, 1.54) is 86.9 Å². The lowest BCUT2D eigenvalue weighted by molar-refractivity contribution is 0.794. The Bertz CT molecular complexity index is 3830. The molecule has 286 valence electrons. The van der Waals surface area contributed by atoms with E-state index in [2.05, 4.69) is 200 Å². The second kappa shape index (κ2) is 12.7. The number of benzene rings is 9. The average Bonchev–Trinajstić information content (AvgIpc) is 3.97. The molecule has 2 nitrogen and oxygen atoms in total. The topological polar surface area (TPSA) is 25.8 Å². The minimum atomic E-state index is -0.376. The Hall–Kier alpha value is -7.72. The second-order valence-electron chi connectivity index (χ2n) is 16.8. The number of aromatic nitrogens is 2. The van der Waals surface area contributed by atoms with Gasteiger partial charge in [0.1, 0.15) is 0 Å². The summed E-state index contributed by atoms with van der Waals surface area (Å²) in [6.45, 7) is 0. The van der Waals surface area contributed by atoms with Crippen LogP contribution < -0.4 is 0 Å². The summed E-state index contributed by atoms with van der Waals surface area (Å²) in [5.74, 6) is 0. The molecule has 2 aliphatic carbocycles. The van der Waals surface area contributed by atoms with Crippen LogP contribution in [0.25, 0.3) is 109 Å². The number of pyridine rings is 2. The van der Waals surface area contributed by atoms with Crippen LogP contribution in [0.2, 0.25) is 0 Å². The van der Waals surface area contributed by atoms with E-state index < -0.39 is 0 Å². The van der Waals surface area contributed by atoms with Gasteiger partial charge in [0, 0.05) is 27.4 Å². The van der Waals surface area contributed by atoms with Crippen molar-refractivity contribution < 1.29 is 0 Å². The molecule has 0 unspecified atom stereocenters. The van der Waals surface area contributed by atoms with E-state index in [0.29, 0.717) is 0 Å². The molecule has 0 bridgehead atoms. The van der Waals surface area contributed by atoms with Crippen molar-refractivity contribution >= 4 is 64.0 Å². The smallest absolute Gasteiger partial charge is 0.0889 e. The fourth-order valence-electron chi connectivity index (χ4n) is 11.1. The van der Waals surface area contributed by atoms with Crippen molar-refractivity contribution in [1.82, 2.24) is 9.97 Å². The van der Waals surface area contributed by atoms with E-state index in [4.69, 9.17) is 9.97 Å². The first-order valence-corrected chi connectivity index (χ1v) is 22.1. The standard InChI is InChI=1S/C59H34N2S/c1-2-14-35(15-3-1)37-29-54(36-26-27-53-48(28-36)45-22-10-13-25-52(45)59(53)50-23-11-8-20-43(50)44-21-9-12-24-51(44)59)61-55(30-37)38-31-57-58(60-34-38)49-32-46-41-18-6-4-16-39(41)40-17-5-7-19-42(40)47(46)33-56(49)62-57/h1-34H. The summed E-state index contributed by atoms with van der Waals surface area (Å²) in [7, 11) is 0. The fourth-order valence-corrected chi connectivity index (χ4v) is 12.2. The Balaban J connectivity index is 0.953. The summed E-state index contributed by atoms with van der Waals surface area (Å²) in [5.41, 5.74) is 17.4. The molecule has 0 aliphatic heterocycles. The van der Waals surface area contributed by atoms with E-state index >= 15 is 0 Å². The minimum absolute atomic E-state index is 0.376. The van der Waals surface area contributed by atoms with Crippen molar-refractivity contribution in [3.8, 4) is 55.9 Å². The summed E-state index contributed by atoms with van der Waals surface area (Å²) < 4.78 is 2.40. The van der Waals surface area contributed by atoms with Gasteiger partial charge >= 0.3 is 0 Å². The molecule has 2 aliphatic rings. The van der Waals surface area contributed by atoms with Gasteiger partial charge in [0.05, 0.1) is 27.0 Å². The maximum absolute atomic E-state index is 5.48. The Morgan fingerprint density at radius 2 is 0.839 bits per heavy atom. The number of fused-ring (bicyclic) bond motifs is 19. The Kier molecular flexibility index (Phi) is 6.95. The van der Waals surface area contributed by atoms with E-state index in [-0.39, 0.29) is 5.41 Å². The zero-order valence-corrected chi connectivity index (χ0v) is 34.2. The third-order valence-electron chi connectivity index (χ3n) is 13.7. The van der Waals surface area contributed by atoms with Crippen molar-refractivity contribution in [1.29, 1.82) is 0 Å². The van der Waals surface area contributed by atoms with Crippen LogP contribution in [0.3, 0.4) is 0 Å². The molecule has 62 heavy (non-hydrogen) atoms.